The number of ether oxygens (including phenoxy) is 1. The van der Waals surface area contributed by atoms with E-state index in [2.05, 4.69) is 25.6 Å². The molecule has 1 aliphatic carbocycles. The number of pyridine rings is 2. The number of aryl methyl sites for hydroxylation is 1. The molecule has 1 saturated carbocycles. The summed E-state index contributed by atoms with van der Waals surface area (Å²) in [5.41, 5.74) is 3.27. The molecule has 2 fully saturated rings. The first-order valence-electron chi connectivity index (χ1n) is 12.1. The predicted molar refractivity (Wildman–Crippen MR) is 132 cm³/mol. The molecule has 12 heteroatoms. The van der Waals surface area contributed by atoms with Crippen LogP contribution in [0.2, 0.25) is 0 Å². The molecule has 190 valence electrons. The smallest absolute Gasteiger partial charge is 0.252 e. The minimum Gasteiger partial charge on any atom is -0.387 e. The second-order valence-corrected chi connectivity index (χ2v) is 9.36. The summed E-state index contributed by atoms with van der Waals surface area (Å²) in [7, 11) is 0. The maximum Gasteiger partial charge on any atom is 0.252 e. The summed E-state index contributed by atoms with van der Waals surface area (Å²) in [4.78, 5) is 35.1. The van der Waals surface area contributed by atoms with Crippen LogP contribution >= 0.6 is 0 Å². The molecular weight excluding hydrogens is 476 g/mol. The maximum absolute atomic E-state index is 12.6. The van der Waals surface area contributed by atoms with Crippen molar-refractivity contribution in [3.05, 3.63) is 60.4 Å². The number of fused-ring (bicyclic) bond motifs is 1. The molecule has 0 aromatic carbocycles. The van der Waals surface area contributed by atoms with Gasteiger partial charge in [-0.3, -0.25) is 19.3 Å². The number of hydrogen-bond donors (Lipinski definition) is 4. The van der Waals surface area contributed by atoms with Crippen LogP contribution in [0.15, 0.2) is 49.2 Å². The molecule has 2 aliphatic rings. The topological polar surface area (TPSA) is 160 Å². The van der Waals surface area contributed by atoms with Crippen LogP contribution in [0.25, 0.3) is 22.6 Å². The predicted octanol–water partition coefficient (Wildman–Crippen LogP) is 1.10. The normalized spacial score (nSPS) is 23.3. The first-order chi connectivity index (χ1) is 18.0. The van der Waals surface area contributed by atoms with Crippen molar-refractivity contribution in [3.63, 3.8) is 0 Å². The molecule has 4 aromatic heterocycles. The molecule has 0 unspecified atom stereocenters. The fraction of sp³-hybridized carbons (Fsp3) is 0.360. The zero-order valence-electron chi connectivity index (χ0n) is 20.0. The number of nitrogens with one attached hydrogen (secondary N) is 2. The summed E-state index contributed by atoms with van der Waals surface area (Å²) < 4.78 is 7.39. The first kappa shape index (κ1) is 23.4. The third kappa shape index (κ3) is 4.61. The van der Waals surface area contributed by atoms with Gasteiger partial charge < -0.3 is 25.6 Å². The van der Waals surface area contributed by atoms with Crippen molar-refractivity contribution in [1.82, 2.24) is 34.8 Å². The van der Waals surface area contributed by atoms with Crippen LogP contribution in [0.3, 0.4) is 0 Å². The van der Waals surface area contributed by atoms with Gasteiger partial charge in [-0.2, -0.15) is 0 Å². The summed E-state index contributed by atoms with van der Waals surface area (Å²) >= 11 is 0. The van der Waals surface area contributed by atoms with Crippen molar-refractivity contribution in [2.45, 2.75) is 56.9 Å². The minimum atomic E-state index is -1.40. The van der Waals surface area contributed by atoms with E-state index in [1.807, 2.05) is 31.2 Å². The molecule has 6 rings (SSSR count). The number of aliphatic hydroxyl groups excluding tert-OH is 2. The molecule has 1 aliphatic heterocycles. The van der Waals surface area contributed by atoms with Crippen LogP contribution < -0.4 is 10.6 Å². The van der Waals surface area contributed by atoms with Crippen LogP contribution in [0.5, 0.6) is 0 Å². The molecule has 0 radical (unpaired) electrons. The molecule has 5 heterocycles. The van der Waals surface area contributed by atoms with E-state index < -0.39 is 30.4 Å². The van der Waals surface area contributed by atoms with E-state index in [1.165, 1.54) is 10.9 Å². The van der Waals surface area contributed by atoms with E-state index >= 15 is 0 Å². The lowest BCUT2D eigenvalue weighted by Crippen LogP contribution is -2.43. The van der Waals surface area contributed by atoms with E-state index in [9.17, 15) is 15.0 Å². The minimum absolute atomic E-state index is 0.0968. The van der Waals surface area contributed by atoms with Crippen molar-refractivity contribution in [2.75, 3.05) is 5.32 Å². The molecule has 4 atom stereocenters. The second-order valence-electron chi connectivity index (χ2n) is 9.36. The molecular formula is C25H26N8O4. The molecule has 0 spiro atoms. The molecule has 4 aromatic rings. The van der Waals surface area contributed by atoms with E-state index in [1.54, 1.807) is 18.6 Å². The molecule has 12 nitrogen and oxygen atoms in total. The van der Waals surface area contributed by atoms with Crippen LogP contribution in [0, 0.1) is 6.92 Å². The second kappa shape index (κ2) is 9.47. The van der Waals surface area contributed by atoms with Crippen LogP contribution in [0.1, 0.15) is 30.3 Å². The average Bonchev–Trinajstić information content (AvgIpc) is 3.54. The highest BCUT2D eigenvalue weighted by Gasteiger charge is 2.48. The summed E-state index contributed by atoms with van der Waals surface area (Å²) in [5, 5.41) is 27.5. The van der Waals surface area contributed by atoms with E-state index in [0.29, 0.717) is 34.9 Å². The number of hydrogen-bond acceptors (Lipinski definition) is 10. The largest absolute Gasteiger partial charge is 0.387 e. The standard InChI is InChI=1S/C25H26N8O4/c1-13-8-14(10-26-9-13)21-31-22(28-11-16-4-2-3-7-27-16)17-23(32-21)33(12-29-17)25-19(35)18(34)20(37-25)24(36)30-15-5-6-15/h2-4,7-10,12,15,18-20,25,34-35H,5-6,11H2,1H3,(H,30,36)(H,28,31,32)/t18-,19+,20-,25+/m0/s1. The number of aliphatic hydroxyl groups is 2. The lowest BCUT2D eigenvalue weighted by atomic mass is 10.1. The van der Waals surface area contributed by atoms with Gasteiger partial charge in [-0.05, 0) is 43.5 Å². The highest BCUT2D eigenvalue weighted by Crippen LogP contribution is 2.34. The van der Waals surface area contributed by atoms with Crippen LogP contribution in [0.4, 0.5) is 5.82 Å². The molecule has 37 heavy (non-hydrogen) atoms. The lowest BCUT2D eigenvalue weighted by Gasteiger charge is -2.17. The summed E-state index contributed by atoms with van der Waals surface area (Å²) in [6.07, 6.45) is 3.34. The quantitative estimate of drug-likeness (QED) is 0.288. The maximum atomic E-state index is 12.6. The Bertz CT molecular complexity index is 1440. The van der Waals surface area contributed by atoms with E-state index in [0.717, 1.165) is 24.1 Å². The summed E-state index contributed by atoms with van der Waals surface area (Å²) in [5.74, 6) is 0.409. The van der Waals surface area contributed by atoms with Gasteiger partial charge in [0.2, 0.25) is 0 Å². The van der Waals surface area contributed by atoms with Gasteiger partial charge in [0, 0.05) is 30.2 Å². The molecule has 0 bridgehead atoms. The number of rotatable bonds is 7. The Morgan fingerprint density at radius 1 is 1.16 bits per heavy atom. The van der Waals surface area contributed by atoms with Gasteiger partial charge in [0.05, 0.1) is 18.6 Å². The Kier molecular flexibility index (Phi) is 5.99. The Morgan fingerprint density at radius 3 is 2.78 bits per heavy atom. The number of aromatic nitrogens is 6. The van der Waals surface area contributed by atoms with Gasteiger partial charge in [0.1, 0.15) is 12.2 Å². The van der Waals surface area contributed by atoms with Gasteiger partial charge in [-0.1, -0.05) is 6.07 Å². The van der Waals surface area contributed by atoms with Crippen molar-refractivity contribution in [1.29, 1.82) is 0 Å². The van der Waals surface area contributed by atoms with Crippen LogP contribution in [-0.4, -0.2) is 70.0 Å². The zero-order valence-corrected chi connectivity index (χ0v) is 20.0. The number of imidazole rings is 1. The zero-order chi connectivity index (χ0) is 25.5. The number of carbonyl (C=O) groups is 1. The lowest BCUT2D eigenvalue weighted by molar-refractivity contribution is -0.137. The first-order valence-corrected chi connectivity index (χ1v) is 12.1. The SMILES string of the molecule is Cc1cncc(-c2nc(NCc3ccccn3)c3ncn([C@@H]4O[C@H](C(=O)NC5CC5)[C@@H](O)[C@H]4O)c3n2)c1. The number of carbonyl (C=O) groups excluding carboxylic acids is 1. The Hall–Kier alpha value is -4.00. The Morgan fingerprint density at radius 2 is 2.03 bits per heavy atom. The van der Waals surface area contributed by atoms with E-state index in [-0.39, 0.29) is 6.04 Å². The van der Waals surface area contributed by atoms with Gasteiger partial charge >= 0.3 is 0 Å². The third-order valence-electron chi connectivity index (χ3n) is 6.41. The molecule has 4 N–H and O–H groups in total. The summed E-state index contributed by atoms with van der Waals surface area (Å²) in [6.45, 7) is 2.33. The van der Waals surface area contributed by atoms with Crippen molar-refractivity contribution >= 4 is 22.9 Å². The molecule has 1 amide bonds. The molecule has 1 saturated heterocycles. The van der Waals surface area contributed by atoms with Crippen molar-refractivity contribution < 1.29 is 19.7 Å². The van der Waals surface area contributed by atoms with Crippen LogP contribution in [-0.2, 0) is 16.1 Å². The monoisotopic (exact) mass is 502 g/mol. The Balaban J connectivity index is 1.38. The average molecular weight is 503 g/mol. The van der Waals surface area contributed by atoms with Gasteiger partial charge in [-0.25, -0.2) is 15.0 Å². The Labute approximate surface area is 211 Å². The number of nitrogens with zero attached hydrogens (tertiary/aromatic N) is 6. The fourth-order valence-corrected chi connectivity index (χ4v) is 4.33. The summed E-state index contributed by atoms with van der Waals surface area (Å²) in [6, 6.07) is 7.65. The number of anilines is 1. The van der Waals surface area contributed by atoms with Crippen molar-refractivity contribution in [2.24, 2.45) is 0 Å². The third-order valence-corrected chi connectivity index (χ3v) is 6.41. The fourth-order valence-electron chi connectivity index (χ4n) is 4.33. The van der Waals surface area contributed by atoms with Gasteiger partial charge in [0.15, 0.2) is 35.1 Å². The highest BCUT2D eigenvalue weighted by molar-refractivity contribution is 5.85. The highest BCUT2D eigenvalue weighted by atomic mass is 16.6. The number of amides is 1. The van der Waals surface area contributed by atoms with E-state index in [4.69, 9.17) is 14.7 Å². The van der Waals surface area contributed by atoms with Gasteiger partial charge in [0.25, 0.3) is 5.91 Å². The van der Waals surface area contributed by atoms with Gasteiger partial charge in [-0.15, -0.1) is 0 Å². The van der Waals surface area contributed by atoms with Crippen molar-refractivity contribution in [3.8, 4) is 11.4 Å².